The van der Waals surface area contributed by atoms with E-state index < -0.39 is 0 Å². The van der Waals surface area contributed by atoms with E-state index in [0.29, 0.717) is 18.9 Å². The first-order valence-corrected chi connectivity index (χ1v) is 8.68. The van der Waals surface area contributed by atoms with Gasteiger partial charge in [-0.05, 0) is 62.3 Å². The summed E-state index contributed by atoms with van der Waals surface area (Å²) in [7, 11) is 0. The van der Waals surface area contributed by atoms with Gasteiger partial charge in [-0.2, -0.15) is 0 Å². The fourth-order valence-electron chi connectivity index (χ4n) is 2.65. The van der Waals surface area contributed by atoms with Gasteiger partial charge < -0.3 is 10.4 Å². The van der Waals surface area contributed by atoms with Gasteiger partial charge in [0.2, 0.25) is 5.91 Å². The van der Waals surface area contributed by atoms with Crippen LogP contribution in [0.1, 0.15) is 36.8 Å². The molecular weight excluding hydrogens is 282 g/mol. The third-order valence-electron chi connectivity index (χ3n) is 4.18. The van der Waals surface area contributed by atoms with Gasteiger partial charge in [0.05, 0.1) is 6.10 Å². The molecule has 2 rings (SSSR count). The number of carbonyl (C=O) groups is 1. The summed E-state index contributed by atoms with van der Waals surface area (Å²) in [4.78, 5) is 13.0. The molecule has 1 saturated carbocycles. The lowest BCUT2D eigenvalue weighted by molar-refractivity contribution is -0.120. The maximum Gasteiger partial charge on any atom is 0.220 e. The summed E-state index contributed by atoms with van der Waals surface area (Å²) in [5.41, 5.74) is 2.60. The first-order valence-electron chi connectivity index (χ1n) is 7.69. The highest BCUT2D eigenvalue weighted by Crippen LogP contribution is 2.25. The molecule has 0 aromatic heterocycles. The van der Waals surface area contributed by atoms with Crippen LogP contribution in [0.3, 0.4) is 0 Å². The molecular formula is C17H25NO2S. The van der Waals surface area contributed by atoms with Crippen molar-refractivity contribution < 1.29 is 9.90 Å². The van der Waals surface area contributed by atoms with E-state index in [0.717, 1.165) is 25.0 Å². The van der Waals surface area contributed by atoms with Crippen molar-refractivity contribution >= 4 is 17.7 Å². The monoisotopic (exact) mass is 307 g/mol. The van der Waals surface area contributed by atoms with E-state index in [9.17, 15) is 9.90 Å². The molecule has 1 aromatic rings. The van der Waals surface area contributed by atoms with Crippen LogP contribution in [0.15, 0.2) is 23.1 Å². The zero-order chi connectivity index (χ0) is 15.2. The van der Waals surface area contributed by atoms with Gasteiger partial charge in [-0.3, -0.25) is 4.79 Å². The van der Waals surface area contributed by atoms with E-state index in [2.05, 4.69) is 37.4 Å². The zero-order valence-electron chi connectivity index (χ0n) is 12.9. The van der Waals surface area contributed by atoms with Gasteiger partial charge in [0.25, 0.3) is 0 Å². The van der Waals surface area contributed by atoms with Crippen LogP contribution in [0.2, 0.25) is 0 Å². The van der Waals surface area contributed by atoms with Crippen molar-refractivity contribution in [3.63, 3.8) is 0 Å². The lowest BCUT2D eigenvalue weighted by Crippen LogP contribution is -2.28. The van der Waals surface area contributed by atoms with E-state index >= 15 is 0 Å². The summed E-state index contributed by atoms with van der Waals surface area (Å²) in [5.74, 6) is 1.38. The summed E-state index contributed by atoms with van der Waals surface area (Å²) in [6, 6.07) is 6.42. The number of benzene rings is 1. The molecule has 0 bridgehead atoms. The van der Waals surface area contributed by atoms with Crippen molar-refractivity contribution in [2.75, 3.05) is 12.3 Å². The van der Waals surface area contributed by atoms with Crippen molar-refractivity contribution in [3.05, 3.63) is 29.3 Å². The van der Waals surface area contributed by atoms with Crippen molar-refractivity contribution in [1.82, 2.24) is 5.32 Å². The fraction of sp³-hybridized carbons (Fsp3) is 0.588. The van der Waals surface area contributed by atoms with Gasteiger partial charge in [-0.25, -0.2) is 0 Å². The van der Waals surface area contributed by atoms with Gasteiger partial charge in [-0.15, -0.1) is 11.8 Å². The van der Waals surface area contributed by atoms with Crippen molar-refractivity contribution in [3.8, 4) is 0 Å². The molecule has 0 radical (unpaired) electrons. The van der Waals surface area contributed by atoms with E-state index in [4.69, 9.17) is 0 Å². The van der Waals surface area contributed by atoms with Crippen molar-refractivity contribution in [2.24, 2.45) is 5.92 Å². The molecule has 1 aliphatic rings. The Balaban J connectivity index is 1.63. The van der Waals surface area contributed by atoms with Crippen LogP contribution < -0.4 is 5.32 Å². The average Bonchev–Trinajstić information content (AvgIpc) is 2.86. The fourth-order valence-corrected chi connectivity index (χ4v) is 3.59. The Kier molecular flexibility index (Phi) is 6.12. The second-order valence-corrected chi connectivity index (χ2v) is 7.15. The molecule has 0 saturated heterocycles. The van der Waals surface area contributed by atoms with E-state index in [1.807, 2.05) is 0 Å². The van der Waals surface area contributed by atoms with Crippen LogP contribution in [0, 0.1) is 19.8 Å². The minimum atomic E-state index is -0.160. The quantitative estimate of drug-likeness (QED) is 0.794. The standard InChI is InChI=1S/C17H25NO2S/c1-12-3-6-16(9-13(12)2)21-8-7-17(20)18-11-14-4-5-15(19)10-14/h3,6,9,14-15,19H,4-5,7-8,10-11H2,1-2H3,(H,18,20). The molecule has 116 valence electrons. The number of thioether (sulfide) groups is 1. The number of nitrogens with one attached hydrogen (secondary N) is 1. The maximum absolute atomic E-state index is 11.8. The summed E-state index contributed by atoms with van der Waals surface area (Å²) < 4.78 is 0. The SMILES string of the molecule is Cc1ccc(SCCC(=O)NCC2CCC(O)C2)cc1C. The third kappa shape index (κ3) is 5.36. The van der Waals surface area contributed by atoms with Crippen LogP contribution in [0.5, 0.6) is 0 Å². The van der Waals surface area contributed by atoms with Gasteiger partial charge in [0, 0.05) is 23.6 Å². The molecule has 2 unspecified atom stereocenters. The third-order valence-corrected chi connectivity index (χ3v) is 5.17. The van der Waals surface area contributed by atoms with Crippen LogP contribution in [0.25, 0.3) is 0 Å². The number of hydrogen-bond acceptors (Lipinski definition) is 3. The molecule has 0 heterocycles. The molecule has 2 atom stereocenters. The Morgan fingerprint density at radius 1 is 1.33 bits per heavy atom. The van der Waals surface area contributed by atoms with Crippen molar-refractivity contribution in [2.45, 2.75) is 50.5 Å². The minimum absolute atomic E-state index is 0.118. The van der Waals surface area contributed by atoms with E-state index in [1.165, 1.54) is 16.0 Å². The highest BCUT2D eigenvalue weighted by Gasteiger charge is 2.22. The second-order valence-electron chi connectivity index (χ2n) is 5.98. The summed E-state index contributed by atoms with van der Waals surface area (Å²) >= 11 is 1.73. The van der Waals surface area contributed by atoms with Gasteiger partial charge in [-0.1, -0.05) is 6.07 Å². The molecule has 4 heteroatoms. The normalized spacial score (nSPS) is 21.5. The first-order chi connectivity index (χ1) is 10.0. The molecule has 1 amide bonds. The number of aliphatic hydroxyl groups excluding tert-OH is 1. The minimum Gasteiger partial charge on any atom is -0.393 e. The molecule has 2 N–H and O–H groups in total. The summed E-state index contributed by atoms with van der Waals surface area (Å²) in [5, 5.41) is 12.4. The van der Waals surface area contributed by atoms with Crippen LogP contribution >= 0.6 is 11.8 Å². The largest absolute Gasteiger partial charge is 0.393 e. The highest BCUT2D eigenvalue weighted by molar-refractivity contribution is 7.99. The Morgan fingerprint density at radius 2 is 2.14 bits per heavy atom. The second kappa shape index (κ2) is 7.85. The Hall–Kier alpha value is -1.00. The van der Waals surface area contributed by atoms with Crippen molar-refractivity contribution in [1.29, 1.82) is 0 Å². The van der Waals surface area contributed by atoms with E-state index in [1.54, 1.807) is 11.8 Å². The molecule has 0 aliphatic heterocycles. The Morgan fingerprint density at radius 3 is 2.81 bits per heavy atom. The molecule has 1 fully saturated rings. The van der Waals surface area contributed by atoms with Gasteiger partial charge >= 0.3 is 0 Å². The zero-order valence-corrected chi connectivity index (χ0v) is 13.7. The average molecular weight is 307 g/mol. The summed E-state index contributed by atoms with van der Waals surface area (Å²) in [6.45, 7) is 4.93. The number of hydrogen-bond donors (Lipinski definition) is 2. The van der Waals surface area contributed by atoms with Crippen LogP contribution in [-0.4, -0.2) is 29.4 Å². The van der Waals surface area contributed by atoms with Gasteiger partial charge in [0.15, 0.2) is 0 Å². The highest BCUT2D eigenvalue weighted by atomic mass is 32.2. The predicted octanol–water partition coefficient (Wildman–Crippen LogP) is 3.06. The molecule has 3 nitrogen and oxygen atoms in total. The number of amides is 1. The number of aryl methyl sites for hydroxylation is 2. The predicted molar refractivity (Wildman–Crippen MR) is 87.6 cm³/mol. The molecule has 21 heavy (non-hydrogen) atoms. The van der Waals surface area contributed by atoms with Crippen LogP contribution in [0.4, 0.5) is 0 Å². The molecule has 0 spiro atoms. The Bertz CT molecular complexity index is 490. The maximum atomic E-state index is 11.8. The lowest BCUT2D eigenvalue weighted by atomic mass is 10.1. The number of aliphatic hydroxyl groups is 1. The number of rotatable bonds is 6. The smallest absolute Gasteiger partial charge is 0.220 e. The first kappa shape index (κ1) is 16.4. The molecule has 1 aromatic carbocycles. The van der Waals surface area contributed by atoms with E-state index in [-0.39, 0.29) is 12.0 Å². The topological polar surface area (TPSA) is 49.3 Å². The lowest BCUT2D eigenvalue weighted by Gasteiger charge is -2.11. The number of carbonyl (C=O) groups excluding carboxylic acids is 1. The van der Waals surface area contributed by atoms with Crippen LogP contribution in [-0.2, 0) is 4.79 Å². The Labute approximate surface area is 131 Å². The summed E-state index contributed by atoms with van der Waals surface area (Å²) in [6.07, 6.45) is 3.12. The van der Waals surface area contributed by atoms with Gasteiger partial charge in [0.1, 0.15) is 0 Å². The molecule has 1 aliphatic carbocycles.